The van der Waals surface area contributed by atoms with E-state index in [1.807, 2.05) is 12.1 Å². The number of halogens is 2. The smallest absolute Gasteiger partial charge is 0.246 e. The number of nitrogens with one attached hydrogen (secondary N) is 1. The van der Waals surface area contributed by atoms with E-state index in [1.54, 1.807) is 42.5 Å². The second-order valence-electron chi connectivity index (χ2n) is 4.09. The highest BCUT2D eigenvalue weighted by atomic mass is 79.9. The maximum absolute atomic E-state index is 12.2. The van der Waals surface area contributed by atoms with E-state index >= 15 is 0 Å². The van der Waals surface area contributed by atoms with Crippen LogP contribution in [0.5, 0.6) is 0 Å². The van der Waals surface area contributed by atoms with Crippen LogP contribution in [0.1, 0.15) is 11.5 Å². The van der Waals surface area contributed by atoms with Crippen LogP contribution in [0.3, 0.4) is 0 Å². The minimum atomic E-state index is -0.848. The van der Waals surface area contributed by atoms with Gasteiger partial charge in [0, 0.05) is 9.50 Å². The lowest BCUT2D eigenvalue weighted by Crippen LogP contribution is -2.20. The molecule has 0 aliphatic carbocycles. The van der Waals surface area contributed by atoms with Gasteiger partial charge in [0.2, 0.25) is 5.91 Å². The van der Waals surface area contributed by atoms with E-state index in [1.165, 1.54) is 0 Å². The van der Waals surface area contributed by atoms with Gasteiger partial charge in [0.15, 0.2) is 5.92 Å². The molecule has 0 radical (unpaired) electrons. The van der Waals surface area contributed by atoms with Crippen molar-refractivity contribution >= 4 is 39.1 Å². The number of carbonyl (C=O) groups excluding carboxylic acids is 1. The third-order valence-corrected chi connectivity index (χ3v) is 3.60. The van der Waals surface area contributed by atoms with Crippen LogP contribution in [0.4, 0.5) is 5.69 Å². The van der Waals surface area contributed by atoms with Crippen LogP contribution in [-0.4, -0.2) is 5.91 Å². The maximum atomic E-state index is 12.2. The molecule has 0 spiro atoms. The Morgan fingerprint density at radius 3 is 2.55 bits per heavy atom. The van der Waals surface area contributed by atoms with Gasteiger partial charge in [-0.15, -0.1) is 0 Å². The number of amides is 1. The second kappa shape index (κ2) is 6.56. The second-order valence-corrected chi connectivity index (χ2v) is 5.38. The van der Waals surface area contributed by atoms with Crippen molar-refractivity contribution in [2.75, 3.05) is 5.32 Å². The standard InChI is InChI=1S/C15H10BrClN2O/c16-13-8-11(17)6-7-14(13)19-15(20)12(9-18)10-4-2-1-3-5-10/h1-8,12H,(H,19,20). The fourth-order valence-corrected chi connectivity index (χ4v) is 2.51. The summed E-state index contributed by atoms with van der Waals surface area (Å²) in [6, 6.07) is 16.0. The van der Waals surface area contributed by atoms with Crippen LogP contribution in [0, 0.1) is 11.3 Å². The van der Waals surface area contributed by atoms with Crippen LogP contribution in [0.25, 0.3) is 0 Å². The molecule has 5 heteroatoms. The minimum absolute atomic E-state index is 0.373. The summed E-state index contributed by atoms with van der Waals surface area (Å²) in [6.45, 7) is 0. The van der Waals surface area contributed by atoms with E-state index in [9.17, 15) is 10.1 Å². The zero-order valence-electron chi connectivity index (χ0n) is 10.3. The molecule has 0 heterocycles. The number of rotatable bonds is 3. The SMILES string of the molecule is N#CC(C(=O)Nc1ccc(Cl)cc1Br)c1ccccc1. The van der Waals surface area contributed by atoms with E-state index in [0.717, 1.165) is 0 Å². The first-order valence-electron chi connectivity index (χ1n) is 5.82. The third kappa shape index (κ3) is 3.38. The number of benzene rings is 2. The van der Waals surface area contributed by atoms with Gasteiger partial charge in [-0.1, -0.05) is 41.9 Å². The molecule has 0 aliphatic heterocycles. The number of hydrogen-bond acceptors (Lipinski definition) is 2. The Balaban J connectivity index is 2.21. The lowest BCUT2D eigenvalue weighted by molar-refractivity contribution is -0.116. The Bertz CT molecular complexity index is 667. The number of hydrogen-bond donors (Lipinski definition) is 1. The molecule has 2 rings (SSSR count). The normalized spacial score (nSPS) is 11.4. The first-order chi connectivity index (χ1) is 9.61. The van der Waals surface area contributed by atoms with Crippen molar-refractivity contribution in [3.8, 4) is 6.07 Å². The van der Waals surface area contributed by atoms with Gasteiger partial charge in [-0.3, -0.25) is 4.79 Å². The Kier molecular flexibility index (Phi) is 4.78. The van der Waals surface area contributed by atoms with Crippen molar-refractivity contribution in [2.24, 2.45) is 0 Å². The van der Waals surface area contributed by atoms with Gasteiger partial charge < -0.3 is 5.32 Å². The minimum Gasteiger partial charge on any atom is -0.324 e. The summed E-state index contributed by atoms with van der Waals surface area (Å²) in [6.07, 6.45) is 0. The van der Waals surface area contributed by atoms with Crippen molar-refractivity contribution in [3.05, 3.63) is 63.6 Å². The van der Waals surface area contributed by atoms with Crippen molar-refractivity contribution in [2.45, 2.75) is 5.92 Å². The molecule has 0 aromatic heterocycles. The van der Waals surface area contributed by atoms with Gasteiger partial charge in [0.25, 0.3) is 0 Å². The van der Waals surface area contributed by atoms with Crippen LogP contribution < -0.4 is 5.32 Å². The molecular weight excluding hydrogens is 340 g/mol. The number of carbonyl (C=O) groups is 1. The largest absolute Gasteiger partial charge is 0.324 e. The molecule has 1 N–H and O–H groups in total. The van der Waals surface area contributed by atoms with Gasteiger partial charge in [0.1, 0.15) is 0 Å². The molecule has 2 aromatic rings. The molecule has 1 amide bonds. The summed E-state index contributed by atoms with van der Waals surface area (Å²) < 4.78 is 0.670. The topological polar surface area (TPSA) is 52.9 Å². The number of nitrogens with zero attached hydrogens (tertiary/aromatic N) is 1. The van der Waals surface area contributed by atoms with E-state index in [-0.39, 0.29) is 5.91 Å². The Hall–Kier alpha value is -1.83. The molecule has 0 saturated carbocycles. The Morgan fingerprint density at radius 2 is 1.95 bits per heavy atom. The van der Waals surface area contributed by atoms with Crippen LogP contribution in [-0.2, 0) is 4.79 Å². The van der Waals surface area contributed by atoms with Gasteiger partial charge in [-0.2, -0.15) is 5.26 Å². The van der Waals surface area contributed by atoms with Crippen LogP contribution >= 0.6 is 27.5 Å². The molecular formula is C15H10BrClN2O. The molecule has 3 nitrogen and oxygen atoms in total. The molecule has 20 heavy (non-hydrogen) atoms. The van der Waals surface area contributed by atoms with Gasteiger partial charge in [-0.05, 0) is 39.7 Å². The van der Waals surface area contributed by atoms with E-state index in [2.05, 4.69) is 21.2 Å². The summed E-state index contributed by atoms with van der Waals surface area (Å²) in [5.41, 5.74) is 1.24. The quantitative estimate of drug-likeness (QED) is 0.895. The molecule has 0 saturated heterocycles. The predicted octanol–water partition coefficient (Wildman–Crippen LogP) is 4.35. The van der Waals surface area contributed by atoms with Crippen LogP contribution in [0.15, 0.2) is 53.0 Å². The van der Waals surface area contributed by atoms with Crippen molar-refractivity contribution in [3.63, 3.8) is 0 Å². The summed E-state index contributed by atoms with van der Waals surface area (Å²) in [4.78, 5) is 12.2. The van der Waals surface area contributed by atoms with Crippen molar-refractivity contribution in [1.82, 2.24) is 0 Å². The number of nitriles is 1. The first-order valence-corrected chi connectivity index (χ1v) is 6.99. The molecule has 100 valence electrons. The van der Waals surface area contributed by atoms with Crippen LogP contribution in [0.2, 0.25) is 5.02 Å². The third-order valence-electron chi connectivity index (χ3n) is 2.71. The highest BCUT2D eigenvalue weighted by molar-refractivity contribution is 9.10. The zero-order valence-corrected chi connectivity index (χ0v) is 12.6. The summed E-state index contributed by atoms with van der Waals surface area (Å²) in [5, 5.41) is 12.5. The van der Waals surface area contributed by atoms with Crippen molar-refractivity contribution < 1.29 is 4.79 Å². The Morgan fingerprint density at radius 1 is 1.25 bits per heavy atom. The van der Waals surface area contributed by atoms with Gasteiger partial charge in [0.05, 0.1) is 11.8 Å². The molecule has 0 aliphatic rings. The van der Waals surface area contributed by atoms with E-state index in [0.29, 0.717) is 20.7 Å². The highest BCUT2D eigenvalue weighted by Crippen LogP contribution is 2.27. The monoisotopic (exact) mass is 348 g/mol. The van der Waals surface area contributed by atoms with Crippen molar-refractivity contribution in [1.29, 1.82) is 5.26 Å². The number of anilines is 1. The molecule has 2 aromatic carbocycles. The maximum Gasteiger partial charge on any atom is 0.246 e. The molecule has 0 fully saturated rings. The molecule has 0 bridgehead atoms. The highest BCUT2D eigenvalue weighted by Gasteiger charge is 2.20. The molecule has 1 atom stereocenters. The average Bonchev–Trinajstić information content (AvgIpc) is 2.44. The summed E-state index contributed by atoms with van der Waals surface area (Å²) in [7, 11) is 0. The zero-order chi connectivity index (χ0) is 14.5. The summed E-state index contributed by atoms with van der Waals surface area (Å²) in [5.74, 6) is -1.22. The van der Waals surface area contributed by atoms with Gasteiger partial charge >= 0.3 is 0 Å². The molecule has 1 unspecified atom stereocenters. The predicted molar refractivity (Wildman–Crippen MR) is 82.6 cm³/mol. The van der Waals surface area contributed by atoms with Gasteiger partial charge in [-0.25, -0.2) is 0 Å². The lowest BCUT2D eigenvalue weighted by atomic mass is 10.00. The summed E-state index contributed by atoms with van der Waals surface area (Å²) >= 11 is 9.16. The fourth-order valence-electron chi connectivity index (χ4n) is 1.73. The average molecular weight is 350 g/mol. The van der Waals surface area contributed by atoms with E-state index < -0.39 is 5.92 Å². The van der Waals surface area contributed by atoms with E-state index in [4.69, 9.17) is 11.6 Å². The first kappa shape index (κ1) is 14.6. The fraction of sp³-hybridized carbons (Fsp3) is 0.0667. The Labute approximate surface area is 130 Å². The lowest BCUT2D eigenvalue weighted by Gasteiger charge is -2.12.